The molecule has 1 aromatic rings. The monoisotopic (exact) mass is 246 g/mol. The summed E-state index contributed by atoms with van der Waals surface area (Å²) in [5.41, 5.74) is 5.89. The first-order valence-electron chi connectivity index (χ1n) is 4.29. The zero-order valence-electron chi connectivity index (χ0n) is 9.37. The van der Waals surface area contributed by atoms with Gasteiger partial charge in [0.05, 0.1) is 26.9 Å². The third-order valence-electron chi connectivity index (χ3n) is 1.99. The van der Waals surface area contributed by atoms with Crippen LogP contribution >= 0.6 is 12.4 Å². The summed E-state index contributed by atoms with van der Waals surface area (Å²) in [6.07, 6.45) is 0. The Kier molecular flexibility index (Phi) is 5.46. The van der Waals surface area contributed by atoms with Crippen molar-refractivity contribution in [3.8, 4) is 17.2 Å². The fourth-order valence-electron chi connectivity index (χ4n) is 1.31. The van der Waals surface area contributed by atoms with Gasteiger partial charge in [-0.2, -0.15) is 0 Å². The van der Waals surface area contributed by atoms with Gasteiger partial charge in [0, 0.05) is 0 Å². The highest BCUT2D eigenvalue weighted by atomic mass is 35.5. The minimum atomic E-state index is -0.0761. The molecule has 0 atom stereocenters. The van der Waals surface area contributed by atoms with Crippen molar-refractivity contribution >= 4 is 18.2 Å². The van der Waals surface area contributed by atoms with Gasteiger partial charge < -0.3 is 19.9 Å². The number of amidine groups is 1. The van der Waals surface area contributed by atoms with Gasteiger partial charge in [-0.05, 0) is 12.1 Å². The highest BCUT2D eigenvalue weighted by Crippen LogP contribution is 2.39. The van der Waals surface area contributed by atoms with Gasteiger partial charge in [0.2, 0.25) is 5.75 Å². The molecule has 90 valence electrons. The van der Waals surface area contributed by atoms with E-state index >= 15 is 0 Å². The van der Waals surface area contributed by atoms with Crippen molar-refractivity contribution in [2.24, 2.45) is 5.73 Å². The SMILES string of the molecule is COc1ccc(C(=N)N)c(OC)c1OC.Cl. The molecule has 6 heteroatoms. The molecule has 3 N–H and O–H groups in total. The van der Waals surface area contributed by atoms with E-state index < -0.39 is 0 Å². The Morgan fingerprint density at radius 2 is 1.62 bits per heavy atom. The van der Waals surface area contributed by atoms with Gasteiger partial charge >= 0.3 is 0 Å². The Morgan fingerprint density at radius 3 is 2.00 bits per heavy atom. The largest absolute Gasteiger partial charge is 0.493 e. The topological polar surface area (TPSA) is 77.6 Å². The minimum Gasteiger partial charge on any atom is -0.493 e. The molecular weight excluding hydrogens is 232 g/mol. The van der Waals surface area contributed by atoms with Crippen molar-refractivity contribution in [1.82, 2.24) is 0 Å². The number of nitrogen functional groups attached to an aromatic ring is 1. The molecule has 0 saturated carbocycles. The van der Waals surface area contributed by atoms with Gasteiger partial charge in [-0.1, -0.05) is 0 Å². The number of rotatable bonds is 4. The lowest BCUT2D eigenvalue weighted by Crippen LogP contribution is -2.13. The van der Waals surface area contributed by atoms with Crippen molar-refractivity contribution < 1.29 is 14.2 Å². The smallest absolute Gasteiger partial charge is 0.204 e. The lowest BCUT2D eigenvalue weighted by atomic mass is 10.1. The summed E-state index contributed by atoms with van der Waals surface area (Å²) in [4.78, 5) is 0. The van der Waals surface area contributed by atoms with Crippen LogP contribution in [0.2, 0.25) is 0 Å². The maximum atomic E-state index is 7.38. The van der Waals surface area contributed by atoms with Gasteiger partial charge in [0.25, 0.3) is 0 Å². The third kappa shape index (κ3) is 2.49. The number of halogens is 1. The van der Waals surface area contributed by atoms with E-state index in [0.29, 0.717) is 22.8 Å². The average molecular weight is 247 g/mol. The molecule has 0 bridgehead atoms. The Hall–Kier alpha value is -1.62. The molecule has 0 amide bonds. The zero-order valence-corrected chi connectivity index (χ0v) is 10.2. The molecule has 0 aliphatic carbocycles. The summed E-state index contributed by atoms with van der Waals surface area (Å²) >= 11 is 0. The van der Waals surface area contributed by atoms with E-state index in [1.165, 1.54) is 21.3 Å². The van der Waals surface area contributed by atoms with E-state index in [2.05, 4.69) is 0 Å². The van der Waals surface area contributed by atoms with Crippen LogP contribution in [0, 0.1) is 5.41 Å². The van der Waals surface area contributed by atoms with Gasteiger partial charge in [0.15, 0.2) is 11.5 Å². The number of benzene rings is 1. The summed E-state index contributed by atoms with van der Waals surface area (Å²) < 4.78 is 15.4. The highest BCUT2D eigenvalue weighted by molar-refractivity contribution is 5.98. The summed E-state index contributed by atoms with van der Waals surface area (Å²) in [5, 5.41) is 7.38. The average Bonchev–Trinajstić information content (AvgIpc) is 2.26. The van der Waals surface area contributed by atoms with Crippen molar-refractivity contribution in [2.45, 2.75) is 0 Å². The normalized spacial score (nSPS) is 8.94. The Morgan fingerprint density at radius 1 is 1.06 bits per heavy atom. The number of nitrogens with two attached hydrogens (primary N) is 1. The van der Waals surface area contributed by atoms with E-state index in [9.17, 15) is 0 Å². The van der Waals surface area contributed by atoms with Crippen LogP contribution in [0.4, 0.5) is 0 Å². The van der Waals surface area contributed by atoms with Gasteiger partial charge in [-0.25, -0.2) is 0 Å². The second-order valence-electron chi connectivity index (χ2n) is 2.80. The molecule has 0 unspecified atom stereocenters. The van der Waals surface area contributed by atoms with Crippen LogP contribution in [0.25, 0.3) is 0 Å². The van der Waals surface area contributed by atoms with E-state index in [1.54, 1.807) is 12.1 Å². The zero-order chi connectivity index (χ0) is 11.4. The molecular formula is C10H15ClN2O3. The lowest BCUT2D eigenvalue weighted by molar-refractivity contribution is 0.324. The number of hydrogen-bond donors (Lipinski definition) is 2. The van der Waals surface area contributed by atoms with Crippen molar-refractivity contribution in [3.63, 3.8) is 0 Å². The van der Waals surface area contributed by atoms with Crippen LogP contribution in [0.3, 0.4) is 0 Å². The lowest BCUT2D eigenvalue weighted by Gasteiger charge is -2.14. The quantitative estimate of drug-likeness (QED) is 0.622. The predicted octanol–water partition coefficient (Wildman–Crippen LogP) is 1.42. The molecule has 1 rings (SSSR count). The maximum absolute atomic E-state index is 7.38. The first-order valence-corrected chi connectivity index (χ1v) is 4.29. The maximum Gasteiger partial charge on any atom is 0.204 e. The van der Waals surface area contributed by atoms with Crippen molar-refractivity contribution in [1.29, 1.82) is 5.41 Å². The molecule has 0 aromatic heterocycles. The van der Waals surface area contributed by atoms with Crippen LogP contribution in [-0.2, 0) is 0 Å². The molecule has 0 radical (unpaired) electrons. The second kappa shape index (κ2) is 6.07. The third-order valence-corrected chi connectivity index (χ3v) is 1.99. The second-order valence-corrected chi connectivity index (χ2v) is 2.80. The number of methoxy groups -OCH3 is 3. The minimum absolute atomic E-state index is 0. The Balaban J connectivity index is 0.00000225. The molecule has 0 heterocycles. The van der Waals surface area contributed by atoms with Crippen LogP contribution in [0.5, 0.6) is 17.2 Å². The molecule has 0 spiro atoms. The van der Waals surface area contributed by atoms with E-state index in [-0.39, 0.29) is 18.2 Å². The first kappa shape index (κ1) is 14.4. The Labute approximate surface area is 100 Å². The van der Waals surface area contributed by atoms with Crippen LogP contribution < -0.4 is 19.9 Å². The summed E-state index contributed by atoms with van der Waals surface area (Å²) in [7, 11) is 4.53. The molecule has 0 saturated heterocycles. The number of nitrogens with one attached hydrogen (secondary N) is 1. The molecule has 5 nitrogen and oxygen atoms in total. The molecule has 0 aliphatic rings. The standard InChI is InChI=1S/C10H14N2O3.ClH/c1-13-7-5-4-6(10(11)12)8(14-2)9(7)15-3;/h4-5H,1-3H3,(H3,11,12);1H. The highest BCUT2D eigenvalue weighted by Gasteiger charge is 2.16. The van der Waals surface area contributed by atoms with E-state index in [4.69, 9.17) is 25.4 Å². The van der Waals surface area contributed by atoms with Gasteiger partial charge in [0.1, 0.15) is 5.84 Å². The number of ether oxygens (including phenoxy) is 3. The summed E-state index contributed by atoms with van der Waals surface area (Å²) in [6.45, 7) is 0. The molecule has 0 aliphatic heterocycles. The van der Waals surface area contributed by atoms with Crippen molar-refractivity contribution in [3.05, 3.63) is 17.7 Å². The van der Waals surface area contributed by atoms with Gasteiger partial charge in [-0.3, -0.25) is 5.41 Å². The van der Waals surface area contributed by atoms with Crippen LogP contribution in [0.1, 0.15) is 5.56 Å². The Bertz CT molecular complexity index is 383. The summed E-state index contributed by atoms with van der Waals surface area (Å²) in [6, 6.07) is 3.33. The summed E-state index contributed by atoms with van der Waals surface area (Å²) in [5.74, 6) is 1.31. The fourth-order valence-corrected chi connectivity index (χ4v) is 1.31. The first-order chi connectivity index (χ1) is 7.15. The molecule has 0 fully saturated rings. The molecule has 16 heavy (non-hydrogen) atoms. The van der Waals surface area contributed by atoms with E-state index in [1.807, 2.05) is 0 Å². The number of hydrogen-bond acceptors (Lipinski definition) is 4. The van der Waals surface area contributed by atoms with E-state index in [0.717, 1.165) is 0 Å². The van der Waals surface area contributed by atoms with Crippen LogP contribution in [0.15, 0.2) is 12.1 Å². The van der Waals surface area contributed by atoms with Crippen LogP contribution in [-0.4, -0.2) is 27.2 Å². The predicted molar refractivity (Wildman–Crippen MR) is 64.4 cm³/mol. The van der Waals surface area contributed by atoms with Gasteiger partial charge in [-0.15, -0.1) is 12.4 Å². The molecule has 1 aromatic carbocycles. The van der Waals surface area contributed by atoms with Crippen molar-refractivity contribution in [2.75, 3.05) is 21.3 Å². The fraction of sp³-hybridized carbons (Fsp3) is 0.300.